The number of amides is 1. The zero-order valence-corrected chi connectivity index (χ0v) is 14.5. The highest BCUT2D eigenvalue weighted by molar-refractivity contribution is 9.10. The predicted octanol–water partition coefficient (Wildman–Crippen LogP) is 3.03. The van der Waals surface area contributed by atoms with Crippen LogP contribution in [-0.2, 0) is 4.79 Å². The summed E-state index contributed by atoms with van der Waals surface area (Å²) in [5.41, 5.74) is 0.503. The van der Waals surface area contributed by atoms with Gasteiger partial charge in [0.05, 0.1) is 12.0 Å². The van der Waals surface area contributed by atoms with Crippen molar-refractivity contribution in [1.82, 2.24) is 4.90 Å². The van der Waals surface area contributed by atoms with E-state index in [2.05, 4.69) is 15.9 Å². The summed E-state index contributed by atoms with van der Waals surface area (Å²) >= 11 is 3.38. The Balaban J connectivity index is 2.19. The summed E-state index contributed by atoms with van der Waals surface area (Å²) in [6.45, 7) is 6.41. The van der Waals surface area contributed by atoms with E-state index in [1.165, 1.54) is 0 Å². The molecule has 1 aliphatic rings. The molecule has 1 amide bonds. The van der Waals surface area contributed by atoms with Gasteiger partial charge in [0.2, 0.25) is 0 Å². The molecule has 0 aromatic heterocycles. The SMILES string of the molecule is CC(C)Oc1cc(Br)cc(C(=O)N2C[C@@H](C)[C@H](C(=O)O)C2)c1. The minimum absolute atomic E-state index is 0.0143. The molecule has 0 aliphatic carbocycles. The monoisotopic (exact) mass is 369 g/mol. The van der Waals surface area contributed by atoms with Gasteiger partial charge in [0, 0.05) is 23.1 Å². The van der Waals surface area contributed by atoms with Crippen molar-refractivity contribution < 1.29 is 19.4 Å². The highest BCUT2D eigenvalue weighted by Crippen LogP contribution is 2.27. The van der Waals surface area contributed by atoms with Crippen LogP contribution in [0.2, 0.25) is 0 Å². The van der Waals surface area contributed by atoms with Crippen LogP contribution < -0.4 is 4.74 Å². The van der Waals surface area contributed by atoms with Gasteiger partial charge in [-0.2, -0.15) is 0 Å². The highest BCUT2D eigenvalue weighted by atomic mass is 79.9. The second-order valence-corrected chi connectivity index (χ2v) is 6.89. The van der Waals surface area contributed by atoms with Crippen molar-refractivity contribution >= 4 is 27.8 Å². The topological polar surface area (TPSA) is 66.8 Å². The average Bonchev–Trinajstić information content (AvgIpc) is 2.78. The van der Waals surface area contributed by atoms with E-state index >= 15 is 0 Å². The summed E-state index contributed by atoms with van der Waals surface area (Å²) in [6, 6.07) is 5.24. The minimum Gasteiger partial charge on any atom is -0.491 e. The summed E-state index contributed by atoms with van der Waals surface area (Å²) in [6.07, 6.45) is 0.0143. The number of aliphatic carboxylic acids is 1. The molecule has 1 aromatic rings. The molecule has 1 aromatic carbocycles. The van der Waals surface area contributed by atoms with Crippen LogP contribution in [0.15, 0.2) is 22.7 Å². The van der Waals surface area contributed by atoms with Crippen molar-refractivity contribution in [3.05, 3.63) is 28.2 Å². The highest BCUT2D eigenvalue weighted by Gasteiger charge is 2.37. The van der Waals surface area contributed by atoms with Gasteiger partial charge >= 0.3 is 5.97 Å². The Kier molecular flexibility index (Phi) is 5.11. The molecule has 1 saturated heterocycles. The Morgan fingerprint density at radius 2 is 2.00 bits per heavy atom. The van der Waals surface area contributed by atoms with E-state index in [4.69, 9.17) is 4.74 Å². The molecule has 1 heterocycles. The maximum atomic E-state index is 12.6. The number of carboxylic acid groups (broad SMARTS) is 1. The van der Waals surface area contributed by atoms with Crippen molar-refractivity contribution in [2.75, 3.05) is 13.1 Å². The van der Waals surface area contributed by atoms with E-state index in [-0.39, 0.29) is 24.5 Å². The number of carboxylic acids is 1. The first-order chi connectivity index (χ1) is 10.3. The Morgan fingerprint density at radius 3 is 2.55 bits per heavy atom. The van der Waals surface area contributed by atoms with E-state index in [1.54, 1.807) is 17.0 Å². The van der Waals surface area contributed by atoms with E-state index < -0.39 is 11.9 Å². The lowest BCUT2D eigenvalue weighted by atomic mass is 9.99. The Morgan fingerprint density at radius 1 is 1.32 bits per heavy atom. The van der Waals surface area contributed by atoms with Gasteiger partial charge in [0.25, 0.3) is 5.91 Å². The van der Waals surface area contributed by atoms with E-state index in [9.17, 15) is 14.7 Å². The molecule has 1 N–H and O–H groups in total. The van der Waals surface area contributed by atoms with Crippen molar-refractivity contribution in [2.24, 2.45) is 11.8 Å². The summed E-state index contributed by atoms with van der Waals surface area (Å²) < 4.78 is 6.39. The van der Waals surface area contributed by atoms with Crippen LogP contribution in [0.3, 0.4) is 0 Å². The molecule has 0 saturated carbocycles. The van der Waals surface area contributed by atoms with Gasteiger partial charge in [0.15, 0.2) is 0 Å². The normalized spacial score (nSPS) is 21.2. The van der Waals surface area contributed by atoms with Gasteiger partial charge in [-0.15, -0.1) is 0 Å². The van der Waals surface area contributed by atoms with E-state index in [1.807, 2.05) is 26.8 Å². The maximum absolute atomic E-state index is 12.6. The van der Waals surface area contributed by atoms with Gasteiger partial charge in [-0.1, -0.05) is 22.9 Å². The van der Waals surface area contributed by atoms with Crippen molar-refractivity contribution in [1.29, 1.82) is 0 Å². The van der Waals surface area contributed by atoms with Crippen LogP contribution in [0.5, 0.6) is 5.75 Å². The number of rotatable bonds is 4. The Bertz CT molecular complexity index is 588. The van der Waals surface area contributed by atoms with Crippen LogP contribution in [0.1, 0.15) is 31.1 Å². The first-order valence-electron chi connectivity index (χ1n) is 7.27. The summed E-state index contributed by atoms with van der Waals surface area (Å²) in [7, 11) is 0. The number of nitrogens with zero attached hydrogens (tertiary/aromatic N) is 1. The molecule has 2 rings (SSSR count). The van der Waals surface area contributed by atoms with Crippen LogP contribution in [-0.4, -0.2) is 41.1 Å². The number of carbonyl (C=O) groups is 2. The van der Waals surface area contributed by atoms with Gasteiger partial charge < -0.3 is 14.7 Å². The third-order valence-electron chi connectivity index (χ3n) is 3.71. The summed E-state index contributed by atoms with van der Waals surface area (Å²) in [5, 5.41) is 9.18. The number of hydrogen-bond donors (Lipinski definition) is 1. The molecule has 1 aliphatic heterocycles. The molecule has 0 unspecified atom stereocenters. The van der Waals surface area contributed by atoms with E-state index in [0.29, 0.717) is 17.9 Å². The summed E-state index contributed by atoms with van der Waals surface area (Å²) in [5.74, 6) is -0.927. The Hall–Kier alpha value is -1.56. The minimum atomic E-state index is -0.846. The largest absolute Gasteiger partial charge is 0.491 e. The molecular formula is C16H20BrNO4. The lowest BCUT2D eigenvalue weighted by Crippen LogP contribution is -2.30. The smallest absolute Gasteiger partial charge is 0.308 e. The second-order valence-electron chi connectivity index (χ2n) is 5.97. The first kappa shape index (κ1) is 16.8. The van der Waals surface area contributed by atoms with Crippen LogP contribution in [0, 0.1) is 11.8 Å². The van der Waals surface area contributed by atoms with Crippen LogP contribution >= 0.6 is 15.9 Å². The molecule has 0 spiro atoms. The zero-order valence-electron chi connectivity index (χ0n) is 12.9. The molecule has 0 radical (unpaired) electrons. The lowest BCUT2D eigenvalue weighted by Gasteiger charge is -2.17. The van der Waals surface area contributed by atoms with Crippen molar-refractivity contribution in [3.8, 4) is 5.75 Å². The molecular weight excluding hydrogens is 350 g/mol. The maximum Gasteiger partial charge on any atom is 0.308 e. The number of ether oxygens (including phenoxy) is 1. The number of halogens is 1. The zero-order chi connectivity index (χ0) is 16.4. The van der Waals surface area contributed by atoms with Crippen LogP contribution in [0.4, 0.5) is 0 Å². The van der Waals surface area contributed by atoms with Gasteiger partial charge in [-0.05, 0) is 38.0 Å². The summed E-state index contributed by atoms with van der Waals surface area (Å²) in [4.78, 5) is 25.4. The molecule has 2 atom stereocenters. The number of likely N-dealkylation sites (tertiary alicyclic amines) is 1. The molecule has 120 valence electrons. The van der Waals surface area contributed by atoms with Gasteiger partial charge in [-0.25, -0.2) is 0 Å². The molecule has 0 bridgehead atoms. The fourth-order valence-electron chi connectivity index (χ4n) is 2.66. The third-order valence-corrected chi connectivity index (χ3v) is 4.16. The number of benzene rings is 1. The first-order valence-corrected chi connectivity index (χ1v) is 8.06. The lowest BCUT2D eigenvalue weighted by molar-refractivity contribution is -0.142. The van der Waals surface area contributed by atoms with Crippen LogP contribution in [0.25, 0.3) is 0 Å². The predicted molar refractivity (Wildman–Crippen MR) is 86.1 cm³/mol. The molecule has 6 heteroatoms. The van der Waals surface area contributed by atoms with Crippen molar-refractivity contribution in [3.63, 3.8) is 0 Å². The van der Waals surface area contributed by atoms with Crippen molar-refractivity contribution in [2.45, 2.75) is 26.9 Å². The molecule has 1 fully saturated rings. The average molecular weight is 370 g/mol. The second kappa shape index (κ2) is 6.69. The fourth-order valence-corrected chi connectivity index (χ4v) is 3.14. The number of hydrogen-bond acceptors (Lipinski definition) is 3. The quantitative estimate of drug-likeness (QED) is 0.885. The van der Waals surface area contributed by atoms with E-state index in [0.717, 1.165) is 4.47 Å². The number of carbonyl (C=O) groups excluding carboxylic acids is 1. The van der Waals surface area contributed by atoms with Gasteiger partial charge in [0.1, 0.15) is 5.75 Å². The standard InChI is InChI=1S/C16H20BrNO4/c1-9(2)22-13-5-11(4-12(17)6-13)15(19)18-7-10(3)14(8-18)16(20)21/h4-6,9-10,14H,7-8H2,1-3H3,(H,20,21)/t10-,14-/m1/s1. The third kappa shape index (κ3) is 3.80. The van der Waals surface area contributed by atoms with Gasteiger partial charge in [-0.3, -0.25) is 9.59 Å². The fraction of sp³-hybridized carbons (Fsp3) is 0.500. The Labute approximate surface area is 138 Å². The molecule has 22 heavy (non-hydrogen) atoms. The molecule has 5 nitrogen and oxygen atoms in total.